The Morgan fingerprint density at radius 2 is 1.73 bits per heavy atom. The molecule has 2 atom stereocenters. The highest BCUT2D eigenvalue weighted by molar-refractivity contribution is 7.87. The Kier molecular flexibility index (Phi) is 1.80. The highest BCUT2D eigenvalue weighted by Gasteiger charge is 2.48. The van der Waals surface area contributed by atoms with Gasteiger partial charge < -0.3 is 0 Å². The van der Waals surface area contributed by atoms with Crippen LogP contribution in [0.2, 0.25) is 0 Å². The molecule has 2 unspecified atom stereocenters. The van der Waals surface area contributed by atoms with Gasteiger partial charge >= 0.3 is 0 Å². The second kappa shape index (κ2) is 2.20. The maximum absolute atomic E-state index is 11.2. The molecule has 0 aromatic rings. The molecule has 0 amide bonds. The van der Waals surface area contributed by atoms with Crippen molar-refractivity contribution in [1.29, 1.82) is 0 Å². The summed E-state index contributed by atoms with van der Waals surface area (Å²) in [6.45, 7) is 7.20. The molecule has 1 heterocycles. The van der Waals surface area contributed by atoms with Crippen LogP contribution in [0.15, 0.2) is 0 Å². The Labute approximate surface area is 67.9 Å². The van der Waals surface area contributed by atoms with E-state index in [0.29, 0.717) is 0 Å². The summed E-state index contributed by atoms with van der Waals surface area (Å²) in [5.74, 6) is 0.0625. The lowest BCUT2D eigenvalue weighted by atomic mass is 9.91. The lowest BCUT2D eigenvalue weighted by molar-refractivity contribution is 0.0960. The Balaban J connectivity index is 3.06. The Bertz CT molecular complexity index is 253. The molecule has 0 N–H and O–H groups in total. The van der Waals surface area contributed by atoms with E-state index in [4.69, 9.17) is 4.18 Å². The first-order chi connectivity index (χ1) is 4.77. The zero-order valence-corrected chi connectivity index (χ0v) is 8.10. The van der Waals surface area contributed by atoms with E-state index >= 15 is 0 Å². The van der Waals surface area contributed by atoms with Crippen LogP contribution >= 0.6 is 0 Å². The lowest BCUT2D eigenvalue weighted by Gasteiger charge is -2.20. The highest BCUT2D eigenvalue weighted by atomic mass is 32.2. The van der Waals surface area contributed by atoms with Gasteiger partial charge in [0.1, 0.15) is 0 Å². The van der Waals surface area contributed by atoms with Gasteiger partial charge in [0.25, 0.3) is 10.1 Å². The first-order valence-corrected chi connectivity index (χ1v) is 5.19. The van der Waals surface area contributed by atoms with Crippen molar-refractivity contribution in [2.75, 3.05) is 0 Å². The molecule has 0 aromatic heterocycles. The molecule has 11 heavy (non-hydrogen) atoms. The third-order valence-electron chi connectivity index (χ3n) is 2.59. The molecular formula is C7H14O3S. The molecule has 66 valence electrons. The molecule has 1 saturated heterocycles. The van der Waals surface area contributed by atoms with Crippen LogP contribution in [-0.4, -0.2) is 19.3 Å². The zero-order valence-electron chi connectivity index (χ0n) is 7.29. The minimum atomic E-state index is -3.28. The summed E-state index contributed by atoms with van der Waals surface area (Å²) in [6.07, 6.45) is 0. The second-order valence-electron chi connectivity index (χ2n) is 3.67. The van der Waals surface area contributed by atoms with Crippen molar-refractivity contribution in [3.63, 3.8) is 0 Å². The number of hydrogen-bond donors (Lipinski definition) is 0. The fourth-order valence-corrected chi connectivity index (χ4v) is 3.00. The van der Waals surface area contributed by atoms with Gasteiger partial charge in [-0.1, -0.05) is 6.92 Å². The molecule has 1 aliphatic heterocycles. The summed E-state index contributed by atoms with van der Waals surface area (Å²) in [4.78, 5) is 0. The summed E-state index contributed by atoms with van der Waals surface area (Å²) >= 11 is 0. The van der Waals surface area contributed by atoms with Crippen molar-refractivity contribution in [2.45, 2.75) is 38.5 Å². The predicted octanol–water partition coefficient (Wildman–Crippen LogP) is 1.15. The number of rotatable bonds is 0. The van der Waals surface area contributed by atoms with Gasteiger partial charge in [-0.05, 0) is 20.8 Å². The Morgan fingerprint density at radius 1 is 1.27 bits per heavy atom. The summed E-state index contributed by atoms with van der Waals surface area (Å²) in [5, 5.41) is -0.377. The molecule has 1 rings (SSSR count). The van der Waals surface area contributed by atoms with Crippen molar-refractivity contribution in [1.82, 2.24) is 0 Å². The molecular weight excluding hydrogens is 164 g/mol. The molecule has 3 nitrogen and oxygen atoms in total. The Hall–Kier alpha value is -0.0900. The minimum absolute atomic E-state index is 0.0625. The molecule has 1 fully saturated rings. The third kappa shape index (κ3) is 1.29. The first-order valence-electron chi connectivity index (χ1n) is 3.72. The van der Waals surface area contributed by atoms with Gasteiger partial charge in [-0.3, -0.25) is 4.18 Å². The number of hydrogen-bond acceptors (Lipinski definition) is 3. The first kappa shape index (κ1) is 9.00. The molecule has 1 aliphatic rings. The lowest BCUT2D eigenvalue weighted by Crippen LogP contribution is -2.28. The topological polar surface area (TPSA) is 43.4 Å². The summed E-state index contributed by atoms with van der Waals surface area (Å²) < 4.78 is 27.3. The Morgan fingerprint density at radius 3 is 1.82 bits per heavy atom. The van der Waals surface area contributed by atoms with Crippen LogP contribution in [0, 0.1) is 5.92 Å². The summed E-state index contributed by atoms with van der Waals surface area (Å²) in [6, 6.07) is 0. The molecule has 0 bridgehead atoms. The highest BCUT2D eigenvalue weighted by Crippen LogP contribution is 2.37. The summed E-state index contributed by atoms with van der Waals surface area (Å²) in [5.41, 5.74) is -0.530. The SMILES string of the molecule is CC1C(C)S(=O)(=O)OC1(C)C. The minimum Gasteiger partial charge on any atom is -0.263 e. The molecule has 0 spiro atoms. The monoisotopic (exact) mass is 178 g/mol. The van der Waals surface area contributed by atoms with Crippen molar-refractivity contribution >= 4 is 10.1 Å². The van der Waals surface area contributed by atoms with E-state index in [0.717, 1.165) is 0 Å². The van der Waals surface area contributed by atoms with Gasteiger partial charge in [0.2, 0.25) is 0 Å². The van der Waals surface area contributed by atoms with E-state index in [9.17, 15) is 8.42 Å². The van der Waals surface area contributed by atoms with Crippen molar-refractivity contribution in [2.24, 2.45) is 5.92 Å². The van der Waals surface area contributed by atoms with E-state index in [1.807, 2.05) is 6.92 Å². The van der Waals surface area contributed by atoms with Crippen molar-refractivity contribution < 1.29 is 12.6 Å². The van der Waals surface area contributed by atoms with Gasteiger partial charge in [-0.2, -0.15) is 8.42 Å². The van der Waals surface area contributed by atoms with Gasteiger partial charge in [0.15, 0.2) is 0 Å². The van der Waals surface area contributed by atoms with Gasteiger partial charge in [-0.25, -0.2) is 0 Å². The standard InChI is InChI=1S/C7H14O3S/c1-5-6(2)11(8,9)10-7(5,3)4/h5-6H,1-4H3. The zero-order chi connectivity index (χ0) is 8.86. The van der Waals surface area contributed by atoms with Crippen LogP contribution in [0.25, 0.3) is 0 Å². The van der Waals surface area contributed by atoms with Gasteiger partial charge in [0.05, 0.1) is 10.9 Å². The molecule has 0 aliphatic carbocycles. The molecule has 0 saturated carbocycles. The van der Waals surface area contributed by atoms with Crippen LogP contribution in [0.4, 0.5) is 0 Å². The van der Waals surface area contributed by atoms with Crippen molar-refractivity contribution in [3.8, 4) is 0 Å². The fourth-order valence-electron chi connectivity index (χ4n) is 1.27. The normalized spacial score (nSPS) is 40.7. The average Bonchev–Trinajstić information content (AvgIpc) is 1.91. The van der Waals surface area contributed by atoms with Crippen LogP contribution < -0.4 is 0 Å². The largest absolute Gasteiger partial charge is 0.270 e. The van der Waals surface area contributed by atoms with Gasteiger partial charge in [-0.15, -0.1) is 0 Å². The van der Waals surface area contributed by atoms with Crippen LogP contribution in [0.5, 0.6) is 0 Å². The van der Waals surface area contributed by atoms with Gasteiger partial charge in [0, 0.05) is 5.92 Å². The predicted molar refractivity (Wildman–Crippen MR) is 42.7 cm³/mol. The maximum atomic E-state index is 11.2. The van der Waals surface area contributed by atoms with Crippen LogP contribution in [0.1, 0.15) is 27.7 Å². The third-order valence-corrected chi connectivity index (χ3v) is 4.57. The maximum Gasteiger partial charge on any atom is 0.270 e. The van der Waals surface area contributed by atoms with E-state index in [1.165, 1.54) is 0 Å². The van der Waals surface area contributed by atoms with Crippen molar-refractivity contribution in [3.05, 3.63) is 0 Å². The van der Waals surface area contributed by atoms with E-state index in [-0.39, 0.29) is 11.2 Å². The fraction of sp³-hybridized carbons (Fsp3) is 1.00. The second-order valence-corrected chi connectivity index (χ2v) is 5.57. The quantitative estimate of drug-likeness (QED) is 0.523. The van der Waals surface area contributed by atoms with Crippen LogP contribution in [0.3, 0.4) is 0 Å². The van der Waals surface area contributed by atoms with Crippen LogP contribution in [-0.2, 0) is 14.3 Å². The molecule has 0 radical (unpaired) electrons. The van der Waals surface area contributed by atoms with E-state index in [1.54, 1.807) is 20.8 Å². The smallest absolute Gasteiger partial charge is 0.263 e. The average molecular weight is 178 g/mol. The van der Waals surface area contributed by atoms with E-state index < -0.39 is 15.7 Å². The molecule has 0 aromatic carbocycles. The van der Waals surface area contributed by atoms with E-state index in [2.05, 4.69) is 0 Å². The molecule has 4 heteroatoms. The summed E-state index contributed by atoms with van der Waals surface area (Å²) in [7, 11) is -3.28.